The summed E-state index contributed by atoms with van der Waals surface area (Å²) in [5.74, 6) is 0.723. The molecule has 0 saturated heterocycles. The third-order valence-electron chi connectivity index (χ3n) is 2.58. The highest BCUT2D eigenvalue weighted by molar-refractivity contribution is 9.10. The van der Waals surface area contributed by atoms with E-state index in [1.54, 1.807) is 12.5 Å². The van der Waals surface area contributed by atoms with E-state index >= 15 is 0 Å². The van der Waals surface area contributed by atoms with Crippen molar-refractivity contribution in [1.29, 1.82) is 0 Å². The zero-order valence-electron chi connectivity index (χ0n) is 10.3. The first-order valence-corrected chi connectivity index (χ1v) is 7.05. The first-order chi connectivity index (χ1) is 9.16. The molecule has 0 aliphatic rings. The van der Waals surface area contributed by atoms with Gasteiger partial charge in [-0.1, -0.05) is 28.1 Å². The second-order valence-corrected chi connectivity index (χ2v) is 5.36. The molecule has 2 rings (SSSR count). The molecule has 0 saturated carbocycles. The summed E-state index contributed by atoms with van der Waals surface area (Å²) in [5.41, 5.74) is 6.44. The molecule has 0 spiro atoms. The summed E-state index contributed by atoms with van der Waals surface area (Å²) in [5, 5.41) is 0. The number of nitrogens with zero attached hydrogens (tertiary/aromatic N) is 2. The number of imidazole rings is 1. The van der Waals surface area contributed by atoms with Crippen molar-refractivity contribution in [3.8, 4) is 5.75 Å². The number of rotatable bonds is 6. The molecule has 4 nitrogen and oxygen atoms in total. The van der Waals surface area contributed by atoms with Gasteiger partial charge in [0.25, 0.3) is 0 Å². The molecule has 1 heterocycles. The lowest BCUT2D eigenvalue weighted by atomic mass is 10.2. The Kier molecular flexibility index (Phi) is 4.93. The highest BCUT2D eigenvalue weighted by atomic mass is 79.9. The lowest BCUT2D eigenvalue weighted by Crippen LogP contribution is -2.12. The normalized spacial score (nSPS) is 10.4. The Morgan fingerprint density at radius 3 is 3.00 bits per heavy atom. The molecular weight excluding hydrogens is 326 g/mol. The fourth-order valence-electron chi connectivity index (χ4n) is 1.67. The van der Waals surface area contributed by atoms with Gasteiger partial charge in [0.1, 0.15) is 10.7 Å². The Hall–Kier alpha value is -1.40. The minimum atomic E-state index is 0.339. The molecule has 19 heavy (non-hydrogen) atoms. The van der Waals surface area contributed by atoms with E-state index in [1.165, 1.54) is 0 Å². The van der Waals surface area contributed by atoms with Gasteiger partial charge >= 0.3 is 0 Å². The van der Waals surface area contributed by atoms with E-state index in [0.717, 1.165) is 28.8 Å². The van der Waals surface area contributed by atoms with Gasteiger partial charge in [-0.15, -0.1) is 0 Å². The molecular formula is C13H14BrN3OS. The fourth-order valence-corrected chi connectivity index (χ4v) is 2.19. The smallest absolute Gasteiger partial charge is 0.129 e. The Balaban J connectivity index is 1.90. The summed E-state index contributed by atoms with van der Waals surface area (Å²) in [7, 11) is 0. The number of aryl methyl sites for hydroxylation is 1. The first kappa shape index (κ1) is 14.0. The third kappa shape index (κ3) is 4.04. The predicted octanol–water partition coefficient (Wildman–Crippen LogP) is 2.75. The maximum atomic E-state index is 5.73. The molecule has 0 atom stereocenters. The fraction of sp³-hybridized carbons (Fsp3) is 0.231. The van der Waals surface area contributed by atoms with E-state index in [0.29, 0.717) is 11.6 Å². The molecule has 100 valence electrons. The quantitative estimate of drug-likeness (QED) is 0.649. The van der Waals surface area contributed by atoms with Crippen molar-refractivity contribution in [1.82, 2.24) is 9.55 Å². The van der Waals surface area contributed by atoms with Crippen LogP contribution in [-0.4, -0.2) is 21.1 Å². The Labute approximate surface area is 125 Å². The number of aromatic nitrogens is 2. The molecule has 0 unspecified atom stereocenters. The average Bonchev–Trinajstić information content (AvgIpc) is 2.89. The van der Waals surface area contributed by atoms with Crippen molar-refractivity contribution in [3.05, 3.63) is 47.0 Å². The Morgan fingerprint density at radius 1 is 1.47 bits per heavy atom. The molecule has 1 aromatic heterocycles. The van der Waals surface area contributed by atoms with Crippen LogP contribution in [0.5, 0.6) is 5.75 Å². The van der Waals surface area contributed by atoms with Crippen LogP contribution < -0.4 is 10.5 Å². The second kappa shape index (κ2) is 6.68. The van der Waals surface area contributed by atoms with E-state index in [9.17, 15) is 0 Å². The summed E-state index contributed by atoms with van der Waals surface area (Å²) >= 11 is 8.41. The largest absolute Gasteiger partial charge is 0.493 e. The van der Waals surface area contributed by atoms with Crippen molar-refractivity contribution in [2.45, 2.75) is 13.0 Å². The van der Waals surface area contributed by atoms with Crippen molar-refractivity contribution in [2.75, 3.05) is 6.61 Å². The van der Waals surface area contributed by atoms with Crippen LogP contribution >= 0.6 is 28.1 Å². The highest BCUT2D eigenvalue weighted by Crippen LogP contribution is 2.23. The van der Waals surface area contributed by atoms with Gasteiger partial charge < -0.3 is 15.0 Å². The van der Waals surface area contributed by atoms with Crippen molar-refractivity contribution < 1.29 is 4.74 Å². The van der Waals surface area contributed by atoms with Crippen LogP contribution in [0.4, 0.5) is 0 Å². The number of hydrogen-bond donors (Lipinski definition) is 1. The molecule has 2 aromatic rings. The van der Waals surface area contributed by atoms with Crippen molar-refractivity contribution in [2.24, 2.45) is 5.73 Å². The predicted molar refractivity (Wildman–Crippen MR) is 82.4 cm³/mol. The van der Waals surface area contributed by atoms with Crippen LogP contribution in [0.1, 0.15) is 12.0 Å². The summed E-state index contributed by atoms with van der Waals surface area (Å²) in [6.45, 7) is 1.48. The summed E-state index contributed by atoms with van der Waals surface area (Å²) in [6, 6.07) is 5.65. The number of thiocarbonyl (C=S) groups is 1. The molecule has 2 N–H and O–H groups in total. The minimum Gasteiger partial charge on any atom is -0.493 e. The van der Waals surface area contributed by atoms with E-state index < -0.39 is 0 Å². The van der Waals surface area contributed by atoms with Gasteiger partial charge in [-0.25, -0.2) is 4.98 Å². The standard InChI is InChI=1S/C13H14BrN3OS/c14-10-2-3-12(11(8-10)13(15)19)18-7-1-5-17-6-4-16-9-17/h2-4,6,8-9H,1,5,7H2,(H2,15,19). The van der Waals surface area contributed by atoms with Crippen LogP contribution in [0.3, 0.4) is 0 Å². The SMILES string of the molecule is NC(=S)c1cc(Br)ccc1OCCCn1ccnc1. The maximum Gasteiger partial charge on any atom is 0.129 e. The third-order valence-corrected chi connectivity index (χ3v) is 3.30. The molecule has 0 amide bonds. The molecule has 0 bridgehead atoms. The van der Waals surface area contributed by atoms with E-state index in [-0.39, 0.29) is 0 Å². The number of nitrogens with two attached hydrogens (primary N) is 1. The first-order valence-electron chi connectivity index (χ1n) is 5.84. The van der Waals surface area contributed by atoms with Gasteiger partial charge in [0.05, 0.1) is 18.5 Å². The van der Waals surface area contributed by atoms with E-state index in [2.05, 4.69) is 20.9 Å². The molecule has 0 aliphatic heterocycles. The van der Waals surface area contributed by atoms with E-state index in [1.807, 2.05) is 29.0 Å². The van der Waals surface area contributed by atoms with Gasteiger partial charge in [-0.05, 0) is 24.6 Å². The van der Waals surface area contributed by atoms with Crippen molar-refractivity contribution in [3.63, 3.8) is 0 Å². The van der Waals surface area contributed by atoms with Gasteiger partial charge in [-0.2, -0.15) is 0 Å². The molecule has 0 fully saturated rings. The molecule has 1 aromatic carbocycles. The topological polar surface area (TPSA) is 53.1 Å². The van der Waals surface area contributed by atoms with Crippen LogP contribution in [-0.2, 0) is 6.54 Å². The molecule has 0 aliphatic carbocycles. The number of benzene rings is 1. The van der Waals surface area contributed by atoms with Crippen LogP contribution in [0.25, 0.3) is 0 Å². The Bertz CT molecular complexity index is 557. The zero-order chi connectivity index (χ0) is 13.7. The number of ether oxygens (including phenoxy) is 1. The van der Waals surface area contributed by atoms with Gasteiger partial charge in [0.15, 0.2) is 0 Å². The van der Waals surface area contributed by atoms with Crippen LogP contribution in [0.15, 0.2) is 41.4 Å². The summed E-state index contributed by atoms with van der Waals surface area (Å²) in [4.78, 5) is 4.33. The molecule has 6 heteroatoms. The van der Waals surface area contributed by atoms with Crippen LogP contribution in [0.2, 0.25) is 0 Å². The molecule has 0 radical (unpaired) electrons. The van der Waals surface area contributed by atoms with E-state index in [4.69, 9.17) is 22.7 Å². The van der Waals surface area contributed by atoms with Gasteiger partial charge in [0.2, 0.25) is 0 Å². The number of halogens is 1. The van der Waals surface area contributed by atoms with Crippen molar-refractivity contribution >= 4 is 33.1 Å². The second-order valence-electron chi connectivity index (χ2n) is 4.01. The Morgan fingerprint density at radius 2 is 2.32 bits per heavy atom. The summed E-state index contributed by atoms with van der Waals surface area (Å²) in [6.07, 6.45) is 6.38. The highest BCUT2D eigenvalue weighted by Gasteiger charge is 2.07. The zero-order valence-corrected chi connectivity index (χ0v) is 12.7. The number of hydrogen-bond acceptors (Lipinski definition) is 3. The average molecular weight is 340 g/mol. The lowest BCUT2D eigenvalue weighted by Gasteiger charge is -2.11. The van der Waals surface area contributed by atoms with Gasteiger partial charge in [-0.3, -0.25) is 0 Å². The maximum absolute atomic E-state index is 5.73. The lowest BCUT2D eigenvalue weighted by molar-refractivity contribution is 0.301. The monoisotopic (exact) mass is 339 g/mol. The van der Waals surface area contributed by atoms with Gasteiger partial charge in [0, 0.05) is 23.4 Å². The minimum absolute atomic E-state index is 0.339. The summed E-state index contributed by atoms with van der Waals surface area (Å²) < 4.78 is 8.67. The van der Waals surface area contributed by atoms with Crippen LogP contribution in [0, 0.1) is 0 Å².